The van der Waals surface area contributed by atoms with Crippen LogP contribution < -0.4 is 4.74 Å². The van der Waals surface area contributed by atoms with Crippen molar-refractivity contribution >= 4 is 47.8 Å². The summed E-state index contributed by atoms with van der Waals surface area (Å²) in [5.41, 5.74) is 0. The second kappa shape index (κ2) is 10.1. The van der Waals surface area contributed by atoms with Gasteiger partial charge in [0.1, 0.15) is 12.4 Å². The minimum absolute atomic E-state index is 0.0373. The molecule has 7 heteroatoms. The quantitative estimate of drug-likeness (QED) is 0.451. The van der Waals surface area contributed by atoms with Crippen molar-refractivity contribution in [1.29, 1.82) is 0 Å². The van der Waals surface area contributed by atoms with Crippen LogP contribution in [0.25, 0.3) is 0 Å². The molecule has 19 heavy (non-hydrogen) atoms. The van der Waals surface area contributed by atoms with E-state index in [1.165, 1.54) is 0 Å². The first-order valence-electron chi connectivity index (χ1n) is 5.69. The van der Waals surface area contributed by atoms with Crippen LogP contribution in [-0.2, 0) is 9.47 Å². The first kappa shape index (κ1) is 17.4. The van der Waals surface area contributed by atoms with Gasteiger partial charge in [0.2, 0.25) is 0 Å². The second-order valence-corrected chi connectivity index (χ2v) is 5.91. The lowest BCUT2D eigenvalue weighted by molar-refractivity contribution is 0.0246. The van der Waals surface area contributed by atoms with Gasteiger partial charge in [-0.05, 0) is 59.9 Å². The van der Waals surface area contributed by atoms with E-state index in [2.05, 4.69) is 47.8 Å². The molecule has 0 atom stereocenters. The Morgan fingerprint density at radius 2 is 1.47 bits per heavy atom. The third-order valence-electron chi connectivity index (χ3n) is 2.09. The summed E-state index contributed by atoms with van der Waals surface area (Å²) in [5.74, 6) is 0.759. The summed E-state index contributed by atoms with van der Waals surface area (Å²) in [7, 11) is 0. The number of hydrogen-bond acceptors (Lipinski definition) is 4. The van der Waals surface area contributed by atoms with E-state index in [1.807, 2.05) is 12.1 Å². The van der Waals surface area contributed by atoms with Crippen molar-refractivity contribution in [2.45, 2.75) is 0 Å². The molecule has 0 aliphatic heterocycles. The maximum Gasteiger partial charge on any atom is 0.134 e. The number of ether oxygens (including phenoxy) is 3. The Balaban J connectivity index is 2.18. The molecule has 0 unspecified atom stereocenters. The molecule has 0 amide bonds. The van der Waals surface area contributed by atoms with Crippen LogP contribution in [-0.4, -0.2) is 44.7 Å². The molecule has 0 spiro atoms. The highest BCUT2D eigenvalue weighted by Gasteiger charge is 2.08. The van der Waals surface area contributed by atoms with E-state index >= 15 is 0 Å². The zero-order chi connectivity index (χ0) is 14.1. The van der Waals surface area contributed by atoms with Crippen molar-refractivity contribution in [3.05, 3.63) is 25.6 Å². The van der Waals surface area contributed by atoms with Crippen LogP contribution in [0.5, 0.6) is 5.75 Å². The summed E-state index contributed by atoms with van der Waals surface area (Å²) < 4.78 is 18.7. The lowest BCUT2D eigenvalue weighted by Crippen LogP contribution is -2.12. The molecule has 0 aliphatic rings. The molecule has 0 fully saturated rings. The molecule has 1 rings (SSSR count). The fourth-order valence-electron chi connectivity index (χ4n) is 1.22. The van der Waals surface area contributed by atoms with Crippen molar-refractivity contribution in [2.24, 2.45) is 0 Å². The van der Waals surface area contributed by atoms with Crippen LogP contribution in [0.2, 0.25) is 0 Å². The number of rotatable bonds is 9. The van der Waals surface area contributed by atoms with Crippen LogP contribution in [0.4, 0.5) is 0 Å². The molecule has 0 aromatic heterocycles. The summed E-state index contributed by atoms with van der Waals surface area (Å²) in [4.78, 5) is 0. The summed E-state index contributed by atoms with van der Waals surface area (Å²) in [6.45, 7) is 2.31. The molecular weight excluding hydrogens is 448 g/mol. The van der Waals surface area contributed by atoms with Gasteiger partial charge in [-0.25, -0.2) is 0 Å². The van der Waals surface area contributed by atoms with Gasteiger partial charge in [-0.1, -0.05) is 0 Å². The monoisotopic (exact) mass is 460 g/mol. The standard InChI is InChI=1S/C12H15Br3O4/c13-9-1-2-10(12(15)11(9)14)19-8-7-18-6-5-17-4-3-16/h1-2,16H,3-8H2. The average Bonchev–Trinajstić information content (AvgIpc) is 2.41. The van der Waals surface area contributed by atoms with E-state index in [9.17, 15) is 0 Å². The minimum Gasteiger partial charge on any atom is -0.490 e. The molecule has 0 bridgehead atoms. The normalized spacial score (nSPS) is 10.7. The molecular formula is C12H15Br3O4. The van der Waals surface area contributed by atoms with E-state index in [-0.39, 0.29) is 6.61 Å². The fourth-order valence-corrected chi connectivity index (χ4v) is 2.60. The van der Waals surface area contributed by atoms with Gasteiger partial charge in [-0.3, -0.25) is 0 Å². The molecule has 0 saturated carbocycles. The Morgan fingerprint density at radius 1 is 0.842 bits per heavy atom. The van der Waals surface area contributed by atoms with Crippen LogP contribution in [0, 0.1) is 0 Å². The van der Waals surface area contributed by atoms with E-state index in [0.717, 1.165) is 19.2 Å². The Hall–Kier alpha value is 0.340. The second-order valence-electron chi connectivity index (χ2n) is 3.47. The summed E-state index contributed by atoms with van der Waals surface area (Å²) in [6.07, 6.45) is 0. The van der Waals surface area contributed by atoms with Gasteiger partial charge >= 0.3 is 0 Å². The predicted octanol–water partition coefficient (Wildman–Crippen LogP) is 3.38. The van der Waals surface area contributed by atoms with E-state index in [0.29, 0.717) is 33.0 Å². The summed E-state index contributed by atoms with van der Waals surface area (Å²) >= 11 is 10.3. The number of halogens is 3. The van der Waals surface area contributed by atoms with E-state index in [1.54, 1.807) is 0 Å². The van der Waals surface area contributed by atoms with Crippen LogP contribution in [0.3, 0.4) is 0 Å². The van der Waals surface area contributed by atoms with E-state index < -0.39 is 0 Å². The maximum atomic E-state index is 8.50. The van der Waals surface area contributed by atoms with Gasteiger partial charge in [-0.2, -0.15) is 0 Å². The molecule has 0 aliphatic carbocycles. The SMILES string of the molecule is OCCOCCOCCOc1ccc(Br)c(Br)c1Br. The third kappa shape index (κ3) is 6.55. The molecule has 0 heterocycles. The zero-order valence-corrected chi connectivity index (χ0v) is 15.0. The van der Waals surface area contributed by atoms with Crippen molar-refractivity contribution in [1.82, 2.24) is 0 Å². The molecule has 0 saturated heterocycles. The molecule has 108 valence electrons. The number of hydrogen-bond donors (Lipinski definition) is 1. The lowest BCUT2D eigenvalue weighted by atomic mass is 10.3. The highest BCUT2D eigenvalue weighted by atomic mass is 79.9. The van der Waals surface area contributed by atoms with Gasteiger partial charge < -0.3 is 19.3 Å². The Labute approximate surface area is 137 Å². The molecule has 4 nitrogen and oxygen atoms in total. The molecule has 1 aromatic carbocycles. The number of aliphatic hydroxyl groups excluding tert-OH is 1. The lowest BCUT2D eigenvalue weighted by Gasteiger charge is -2.10. The fraction of sp³-hybridized carbons (Fsp3) is 0.500. The highest BCUT2D eigenvalue weighted by molar-refractivity contribution is 9.14. The van der Waals surface area contributed by atoms with Gasteiger partial charge in [0.15, 0.2) is 0 Å². The van der Waals surface area contributed by atoms with Gasteiger partial charge in [0, 0.05) is 8.95 Å². The minimum atomic E-state index is 0.0373. The predicted molar refractivity (Wildman–Crippen MR) is 83.8 cm³/mol. The van der Waals surface area contributed by atoms with Crippen molar-refractivity contribution in [2.75, 3.05) is 39.6 Å². The molecule has 1 aromatic rings. The largest absolute Gasteiger partial charge is 0.490 e. The first-order valence-corrected chi connectivity index (χ1v) is 8.07. The van der Waals surface area contributed by atoms with Crippen LogP contribution in [0.15, 0.2) is 25.6 Å². The van der Waals surface area contributed by atoms with Gasteiger partial charge in [-0.15, -0.1) is 0 Å². The zero-order valence-electron chi connectivity index (χ0n) is 10.2. The number of aliphatic hydroxyl groups is 1. The summed E-state index contributed by atoms with van der Waals surface area (Å²) in [5, 5.41) is 8.50. The number of benzene rings is 1. The third-order valence-corrected chi connectivity index (χ3v) is 5.43. The van der Waals surface area contributed by atoms with E-state index in [4.69, 9.17) is 19.3 Å². The smallest absolute Gasteiger partial charge is 0.134 e. The van der Waals surface area contributed by atoms with Gasteiger partial charge in [0.25, 0.3) is 0 Å². The van der Waals surface area contributed by atoms with Gasteiger partial charge in [0.05, 0.1) is 37.5 Å². The van der Waals surface area contributed by atoms with Crippen molar-refractivity contribution in [3.8, 4) is 5.75 Å². The van der Waals surface area contributed by atoms with Crippen LogP contribution >= 0.6 is 47.8 Å². The Morgan fingerprint density at radius 3 is 2.16 bits per heavy atom. The highest BCUT2D eigenvalue weighted by Crippen LogP contribution is 2.37. The topological polar surface area (TPSA) is 47.9 Å². The van der Waals surface area contributed by atoms with Crippen molar-refractivity contribution in [3.63, 3.8) is 0 Å². The van der Waals surface area contributed by atoms with Crippen molar-refractivity contribution < 1.29 is 19.3 Å². The maximum absolute atomic E-state index is 8.50. The Kier molecular flexibility index (Phi) is 9.27. The van der Waals surface area contributed by atoms with Crippen LogP contribution in [0.1, 0.15) is 0 Å². The first-order chi connectivity index (χ1) is 9.16. The Bertz CT molecular complexity index is 387. The summed E-state index contributed by atoms with van der Waals surface area (Å²) in [6, 6.07) is 3.79. The average molecular weight is 463 g/mol. The molecule has 0 radical (unpaired) electrons. The molecule has 1 N–H and O–H groups in total.